The van der Waals surface area contributed by atoms with E-state index in [0.29, 0.717) is 0 Å². The molecule has 0 saturated heterocycles. The van der Waals surface area contributed by atoms with Gasteiger partial charge in [0.15, 0.2) is 0 Å². The molecule has 6 nitrogen and oxygen atoms in total. The number of hydrogen-bond donors (Lipinski definition) is 0. The van der Waals surface area contributed by atoms with Crippen molar-refractivity contribution >= 4 is 29.2 Å². The number of fused-ring (bicyclic) bond motifs is 1. The number of carbonyl (C=O) groups is 3. The number of halogens is 1. The highest BCUT2D eigenvalue weighted by molar-refractivity contribution is 6.40. The fourth-order valence-electron chi connectivity index (χ4n) is 1.98. The van der Waals surface area contributed by atoms with Gasteiger partial charge < -0.3 is 9.47 Å². The van der Waals surface area contributed by atoms with Gasteiger partial charge in [-0.15, -0.1) is 0 Å². The number of esters is 1. The molecule has 0 atom stereocenters. The summed E-state index contributed by atoms with van der Waals surface area (Å²) in [7, 11) is 1.12. The number of ether oxygens (including phenoxy) is 2. The van der Waals surface area contributed by atoms with E-state index in [9.17, 15) is 18.8 Å². The van der Waals surface area contributed by atoms with Gasteiger partial charge in [-0.05, 0) is 25.1 Å². The first kappa shape index (κ1) is 14.7. The fourth-order valence-corrected chi connectivity index (χ4v) is 1.98. The number of imide groups is 1. The minimum Gasteiger partial charge on any atom is -0.463 e. The molecule has 21 heavy (non-hydrogen) atoms. The number of benzene rings is 1. The van der Waals surface area contributed by atoms with E-state index < -0.39 is 23.8 Å². The molecule has 1 aliphatic heterocycles. The Morgan fingerprint density at radius 2 is 2.10 bits per heavy atom. The Balaban J connectivity index is 2.54. The van der Waals surface area contributed by atoms with Gasteiger partial charge in [-0.3, -0.25) is 4.79 Å². The highest BCUT2D eigenvalue weighted by Gasteiger charge is 2.38. The maximum absolute atomic E-state index is 13.4. The zero-order valence-electron chi connectivity index (χ0n) is 11.4. The van der Waals surface area contributed by atoms with Crippen LogP contribution in [0.25, 0.3) is 5.57 Å². The van der Waals surface area contributed by atoms with Crippen molar-refractivity contribution in [1.29, 1.82) is 0 Å². The van der Waals surface area contributed by atoms with E-state index in [1.54, 1.807) is 6.92 Å². The van der Waals surface area contributed by atoms with Crippen molar-refractivity contribution < 1.29 is 28.2 Å². The molecule has 0 fully saturated rings. The maximum Gasteiger partial charge on any atom is 0.421 e. The van der Waals surface area contributed by atoms with Crippen LogP contribution in [0.2, 0.25) is 0 Å². The van der Waals surface area contributed by atoms with Crippen molar-refractivity contribution in [3.8, 4) is 0 Å². The predicted molar refractivity (Wildman–Crippen MR) is 70.9 cm³/mol. The van der Waals surface area contributed by atoms with Crippen molar-refractivity contribution in [3.63, 3.8) is 0 Å². The minimum absolute atomic E-state index is 0.117. The second kappa shape index (κ2) is 5.74. The van der Waals surface area contributed by atoms with E-state index >= 15 is 0 Å². The average molecular weight is 293 g/mol. The van der Waals surface area contributed by atoms with Crippen LogP contribution in [-0.4, -0.2) is 31.7 Å². The van der Waals surface area contributed by atoms with Gasteiger partial charge in [0.25, 0.3) is 5.91 Å². The minimum atomic E-state index is -0.917. The van der Waals surface area contributed by atoms with Crippen LogP contribution in [0.4, 0.5) is 14.9 Å². The largest absolute Gasteiger partial charge is 0.463 e. The first-order chi connectivity index (χ1) is 9.99. The Morgan fingerprint density at radius 1 is 1.38 bits per heavy atom. The topological polar surface area (TPSA) is 72.9 Å². The molecule has 2 amide bonds. The fraction of sp³-hybridized carbons (Fsp3) is 0.214. The van der Waals surface area contributed by atoms with Crippen molar-refractivity contribution in [2.45, 2.75) is 6.92 Å². The lowest BCUT2D eigenvalue weighted by Crippen LogP contribution is -2.33. The number of hydrogen-bond acceptors (Lipinski definition) is 5. The van der Waals surface area contributed by atoms with Crippen molar-refractivity contribution in [1.82, 2.24) is 0 Å². The lowest BCUT2D eigenvalue weighted by Gasteiger charge is -2.12. The molecule has 2 rings (SSSR count). The molecule has 1 aromatic rings. The molecule has 0 saturated carbocycles. The molecule has 0 N–H and O–H groups in total. The van der Waals surface area contributed by atoms with Crippen LogP contribution < -0.4 is 4.90 Å². The van der Waals surface area contributed by atoms with Gasteiger partial charge >= 0.3 is 12.1 Å². The summed E-state index contributed by atoms with van der Waals surface area (Å²) in [6.45, 7) is 1.74. The van der Waals surface area contributed by atoms with Crippen LogP contribution in [0, 0.1) is 5.82 Å². The van der Waals surface area contributed by atoms with Crippen LogP contribution >= 0.6 is 0 Å². The summed E-state index contributed by atoms with van der Waals surface area (Å²) in [5.74, 6) is -2.11. The van der Waals surface area contributed by atoms with Crippen molar-refractivity contribution in [3.05, 3.63) is 35.7 Å². The van der Waals surface area contributed by atoms with Crippen LogP contribution in [0.3, 0.4) is 0 Å². The predicted octanol–water partition coefficient (Wildman–Crippen LogP) is 1.89. The average Bonchev–Trinajstić information content (AvgIpc) is 2.71. The number of amides is 2. The van der Waals surface area contributed by atoms with Gasteiger partial charge in [-0.1, -0.05) is 0 Å². The first-order valence-electron chi connectivity index (χ1n) is 6.10. The molecule has 0 radical (unpaired) electrons. The molecule has 0 spiro atoms. The smallest absolute Gasteiger partial charge is 0.421 e. The summed E-state index contributed by atoms with van der Waals surface area (Å²) < 4.78 is 22.6. The third-order valence-corrected chi connectivity index (χ3v) is 2.83. The molecule has 110 valence electrons. The van der Waals surface area contributed by atoms with E-state index in [-0.39, 0.29) is 23.4 Å². The number of rotatable bonds is 2. The maximum atomic E-state index is 13.4. The zero-order valence-corrected chi connectivity index (χ0v) is 11.4. The van der Waals surface area contributed by atoms with Gasteiger partial charge in [0.1, 0.15) is 5.82 Å². The van der Waals surface area contributed by atoms with Crippen molar-refractivity contribution in [2.24, 2.45) is 0 Å². The third-order valence-electron chi connectivity index (χ3n) is 2.83. The molecule has 0 unspecified atom stereocenters. The van der Waals surface area contributed by atoms with Crippen LogP contribution in [0.15, 0.2) is 24.3 Å². The first-order valence-corrected chi connectivity index (χ1v) is 6.10. The van der Waals surface area contributed by atoms with Crippen LogP contribution in [-0.2, 0) is 19.1 Å². The van der Waals surface area contributed by atoms with Gasteiger partial charge in [-0.25, -0.2) is 18.9 Å². The Labute approximate surface area is 119 Å². The second-order valence-electron chi connectivity index (χ2n) is 4.08. The number of nitrogens with zero attached hydrogens (tertiary/aromatic N) is 1. The quantitative estimate of drug-likeness (QED) is 0.615. The molecule has 0 aliphatic carbocycles. The molecule has 0 bridgehead atoms. The van der Waals surface area contributed by atoms with E-state index in [0.717, 1.165) is 30.2 Å². The summed E-state index contributed by atoms with van der Waals surface area (Å²) in [5, 5.41) is 0. The number of methoxy groups -OCH3 is 1. The molecular formula is C14H12FNO5. The number of carbonyl (C=O) groups excluding carboxylic acids is 3. The summed E-state index contributed by atoms with van der Waals surface area (Å²) in [6.07, 6.45) is 0.0210. The number of anilines is 1. The Bertz CT molecular complexity index is 653. The Morgan fingerprint density at radius 3 is 2.71 bits per heavy atom. The van der Waals surface area contributed by atoms with Gasteiger partial charge in [0, 0.05) is 11.6 Å². The van der Waals surface area contributed by atoms with E-state index in [4.69, 9.17) is 4.74 Å². The van der Waals surface area contributed by atoms with Crippen LogP contribution in [0.5, 0.6) is 0 Å². The molecule has 1 aromatic carbocycles. The van der Waals surface area contributed by atoms with E-state index in [1.165, 1.54) is 6.07 Å². The third kappa shape index (κ3) is 2.62. The van der Waals surface area contributed by atoms with Crippen LogP contribution in [0.1, 0.15) is 12.5 Å². The lowest BCUT2D eigenvalue weighted by atomic mass is 10.1. The zero-order chi connectivity index (χ0) is 15.6. The van der Waals surface area contributed by atoms with Gasteiger partial charge in [0.05, 0.1) is 25.0 Å². The van der Waals surface area contributed by atoms with E-state index in [1.807, 2.05) is 0 Å². The summed E-state index contributed by atoms with van der Waals surface area (Å²) >= 11 is 0. The Hall–Kier alpha value is -2.70. The standard InChI is InChI=1S/C14H12FNO5/c1-3-21-12(17)7-10-9-6-8(15)4-5-11(9)16(13(10)18)14(19)20-2/h4-7H,3H2,1-2H3/b10-7+. The lowest BCUT2D eigenvalue weighted by molar-refractivity contribution is -0.137. The summed E-state index contributed by atoms with van der Waals surface area (Å²) in [5.41, 5.74) is 0.176. The summed E-state index contributed by atoms with van der Waals surface area (Å²) in [4.78, 5) is 36.2. The summed E-state index contributed by atoms with van der Waals surface area (Å²) in [6, 6.07) is 3.45. The molecular weight excluding hydrogens is 281 g/mol. The second-order valence-corrected chi connectivity index (χ2v) is 4.08. The normalized spacial score (nSPS) is 15.1. The highest BCUT2D eigenvalue weighted by atomic mass is 19.1. The molecule has 1 aliphatic rings. The monoisotopic (exact) mass is 293 g/mol. The Kier molecular flexibility index (Phi) is 4.02. The van der Waals surface area contributed by atoms with E-state index in [2.05, 4.69) is 4.74 Å². The molecule has 1 heterocycles. The van der Waals surface area contributed by atoms with Crippen molar-refractivity contribution in [2.75, 3.05) is 18.6 Å². The van der Waals surface area contributed by atoms with Gasteiger partial charge in [0.2, 0.25) is 0 Å². The van der Waals surface area contributed by atoms with Gasteiger partial charge in [-0.2, -0.15) is 0 Å². The molecule has 7 heteroatoms. The highest BCUT2D eigenvalue weighted by Crippen LogP contribution is 2.37. The SMILES string of the molecule is CCOC(=O)/C=C1/C(=O)N(C(=O)OC)c2ccc(F)cc21. The molecule has 0 aromatic heterocycles.